The molecule has 2 saturated heterocycles. The van der Waals surface area contributed by atoms with Crippen molar-refractivity contribution in [1.29, 1.82) is 0 Å². The molecule has 5 heteroatoms. The second kappa shape index (κ2) is 8.13. The number of piperazine rings is 1. The first-order valence-electron chi connectivity index (χ1n) is 8.75. The largest absolute Gasteiger partial charge is 0.341 e. The Labute approximate surface area is 143 Å². The molecule has 1 aromatic carbocycles. The van der Waals surface area contributed by atoms with E-state index in [-0.39, 0.29) is 11.9 Å². The molecule has 0 aliphatic carbocycles. The van der Waals surface area contributed by atoms with Crippen molar-refractivity contribution in [3.63, 3.8) is 0 Å². The van der Waals surface area contributed by atoms with Crippen molar-refractivity contribution < 1.29 is 4.79 Å². The fourth-order valence-corrected chi connectivity index (χ4v) is 3.79. The van der Waals surface area contributed by atoms with Gasteiger partial charge in [-0.25, -0.2) is 0 Å². The maximum absolute atomic E-state index is 13.3. The quantitative estimate of drug-likeness (QED) is 0.922. The van der Waals surface area contributed by atoms with Gasteiger partial charge in [-0.3, -0.25) is 9.69 Å². The third-order valence-electron chi connectivity index (χ3n) is 4.83. The predicted molar refractivity (Wildman–Crippen MR) is 93.7 cm³/mol. The summed E-state index contributed by atoms with van der Waals surface area (Å²) in [5.74, 6) is 0.246. The van der Waals surface area contributed by atoms with E-state index < -0.39 is 0 Å². The number of nitrogens with zero attached hydrogens (tertiary/aromatic N) is 2. The average molecular weight is 336 g/mol. The van der Waals surface area contributed by atoms with Crippen LogP contribution >= 0.6 is 11.6 Å². The van der Waals surface area contributed by atoms with Crippen LogP contribution in [0.15, 0.2) is 24.3 Å². The summed E-state index contributed by atoms with van der Waals surface area (Å²) in [5.41, 5.74) is 1.02. The minimum atomic E-state index is -0.200. The monoisotopic (exact) mass is 335 g/mol. The van der Waals surface area contributed by atoms with Gasteiger partial charge in [0, 0.05) is 44.3 Å². The highest BCUT2D eigenvalue weighted by atomic mass is 35.5. The maximum atomic E-state index is 13.3. The Morgan fingerprint density at radius 1 is 1.04 bits per heavy atom. The molecule has 0 aromatic heterocycles. The smallest absolute Gasteiger partial charge is 0.244 e. The first-order chi connectivity index (χ1) is 11.3. The van der Waals surface area contributed by atoms with E-state index in [0.717, 1.165) is 57.7 Å². The Balaban J connectivity index is 1.85. The number of rotatable bonds is 3. The molecule has 3 rings (SSSR count). The summed E-state index contributed by atoms with van der Waals surface area (Å²) < 4.78 is 0. The second-order valence-electron chi connectivity index (χ2n) is 6.48. The number of hydrogen-bond donors (Lipinski definition) is 1. The third-order valence-corrected chi connectivity index (χ3v) is 5.07. The van der Waals surface area contributed by atoms with Gasteiger partial charge in [0.1, 0.15) is 6.04 Å². The molecule has 23 heavy (non-hydrogen) atoms. The van der Waals surface area contributed by atoms with Crippen molar-refractivity contribution >= 4 is 17.5 Å². The van der Waals surface area contributed by atoms with Crippen molar-refractivity contribution in [2.75, 3.05) is 39.3 Å². The van der Waals surface area contributed by atoms with Crippen molar-refractivity contribution in [3.8, 4) is 0 Å². The number of carbonyl (C=O) groups excluding carboxylic acids is 1. The van der Waals surface area contributed by atoms with Crippen LogP contribution < -0.4 is 5.32 Å². The highest BCUT2D eigenvalue weighted by Gasteiger charge is 2.32. The van der Waals surface area contributed by atoms with Crippen LogP contribution in [0.4, 0.5) is 0 Å². The van der Waals surface area contributed by atoms with Crippen molar-refractivity contribution in [1.82, 2.24) is 15.1 Å². The number of amides is 1. The molecular weight excluding hydrogens is 310 g/mol. The van der Waals surface area contributed by atoms with E-state index in [0.29, 0.717) is 5.02 Å². The van der Waals surface area contributed by atoms with E-state index in [2.05, 4.69) is 15.1 Å². The SMILES string of the molecule is O=C(C(c1cccc(Cl)c1)N1CCNCC1)N1CCCCCC1. The number of likely N-dealkylation sites (tertiary alicyclic amines) is 1. The third kappa shape index (κ3) is 4.25. The Bertz CT molecular complexity index is 523. The van der Waals surface area contributed by atoms with Crippen molar-refractivity contribution in [2.24, 2.45) is 0 Å². The summed E-state index contributed by atoms with van der Waals surface area (Å²) >= 11 is 6.19. The molecule has 1 amide bonds. The summed E-state index contributed by atoms with van der Waals surface area (Å²) in [7, 11) is 0. The number of benzene rings is 1. The summed E-state index contributed by atoms with van der Waals surface area (Å²) in [5, 5.41) is 4.07. The fourth-order valence-electron chi connectivity index (χ4n) is 3.59. The van der Waals surface area contributed by atoms with Crippen LogP contribution in [0.2, 0.25) is 5.02 Å². The summed E-state index contributed by atoms with van der Waals surface area (Å²) in [6.45, 7) is 5.45. The van der Waals surface area contributed by atoms with E-state index in [1.165, 1.54) is 12.8 Å². The zero-order chi connectivity index (χ0) is 16.1. The van der Waals surface area contributed by atoms with Crippen molar-refractivity contribution in [3.05, 3.63) is 34.9 Å². The van der Waals surface area contributed by atoms with Gasteiger partial charge < -0.3 is 10.2 Å². The van der Waals surface area contributed by atoms with Crippen LogP contribution in [0.1, 0.15) is 37.3 Å². The molecular formula is C18H26ClN3O. The zero-order valence-electron chi connectivity index (χ0n) is 13.6. The summed E-state index contributed by atoms with van der Waals surface area (Å²) in [4.78, 5) is 17.7. The lowest BCUT2D eigenvalue weighted by Crippen LogP contribution is -2.50. The molecule has 2 aliphatic rings. The van der Waals surface area contributed by atoms with Crippen LogP contribution in [0, 0.1) is 0 Å². The molecule has 2 heterocycles. The van der Waals surface area contributed by atoms with Gasteiger partial charge in [-0.1, -0.05) is 36.6 Å². The van der Waals surface area contributed by atoms with E-state index in [1.807, 2.05) is 24.3 Å². The lowest BCUT2D eigenvalue weighted by atomic mass is 10.0. The maximum Gasteiger partial charge on any atom is 0.244 e. The topological polar surface area (TPSA) is 35.6 Å². The highest BCUT2D eigenvalue weighted by molar-refractivity contribution is 6.30. The van der Waals surface area contributed by atoms with Crippen molar-refractivity contribution in [2.45, 2.75) is 31.7 Å². The van der Waals surface area contributed by atoms with E-state index in [1.54, 1.807) is 0 Å². The van der Waals surface area contributed by atoms with E-state index in [4.69, 9.17) is 11.6 Å². The van der Waals surface area contributed by atoms with Gasteiger partial charge in [0.05, 0.1) is 0 Å². The molecule has 0 radical (unpaired) electrons. The lowest BCUT2D eigenvalue weighted by molar-refractivity contribution is -0.137. The fraction of sp³-hybridized carbons (Fsp3) is 0.611. The van der Waals surface area contributed by atoms with Crippen LogP contribution in [-0.2, 0) is 4.79 Å². The Morgan fingerprint density at radius 2 is 1.74 bits per heavy atom. The molecule has 0 spiro atoms. The van der Waals surface area contributed by atoms with Crippen LogP contribution in [0.25, 0.3) is 0 Å². The van der Waals surface area contributed by atoms with Crippen LogP contribution in [0.3, 0.4) is 0 Å². The Hall–Kier alpha value is -1.10. The van der Waals surface area contributed by atoms with E-state index in [9.17, 15) is 4.79 Å². The normalized spacial score (nSPS) is 21.7. The molecule has 2 aliphatic heterocycles. The number of carbonyl (C=O) groups is 1. The van der Waals surface area contributed by atoms with Gasteiger partial charge in [0.15, 0.2) is 0 Å². The van der Waals surface area contributed by atoms with Gasteiger partial charge in [0.25, 0.3) is 0 Å². The minimum absolute atomic E-state index is 0.200. The van der Waals surface area contributed by atoms with Gasteiger partial charge in [-0.2, -0.15) is 0 Å². The average Bonchev–Trinajstić information content (AvgIpc) is 2.85. The van der Waals surface area contributed by atoms with E-state index >= 15 is 0 Å². The van der Waals surface area contributed by atoms with Crippen LogP contribution in [0.5, 0.6) is 0 Å². The first kappa shape index (κ1) is 16.7. The molecule has 1 atom stereocenters. The second-order valence-corrected chi connectivity index (χ2v) is 6.92. The highest BCUT2D eigenvalue weighted by Crippen LogP contribution is 2.27. The van der Waals surface area contributed by atoms with Gasteiger partial charge in [-0.05, 0) is 30.5 Å². The molecule has 1 unspecified atom stereocenters. The molecule has 4 nitrogen and oxygen atoms in total. The number of hydrogen-bond acceptors (Lipinski definition) is 3. The summed E-state index contributed by atoms with van der Waals surface area (Å²) in [6.07, 6.45) is 4.71. The van der Waals surface area contributed by atoms with Gasteiger partial charge in [-0.15, -0.1) is 0 Å². The van der Waals surface area contributed by atoms with Crippen LogP contribution in [-0.4, -0.2) is 55.0 Å². The first-order valence-corrected chi connectivity index (χ1v) is 9.12. The summed E-state index contributed by atoms with van der Waals surface area (Å²) in [6, 6.07) is 7.60. The Kier molecular flexibility index (Phi) is 5.92. The van der Waals surface area contributed by atoms with Gasteiger partial charge >= 0.3 is 0 Å². The molecule has 1 N–H and O–H groups in total. The molecule has 126 valence electrons. The number of nitrogens with one attached hydrogen (secondary N) is 1. The van der Waals surface area contributed by atoms with Gasteiger partial charge in [0.2, 0.25) is 5.91 Å². The minimum Gasteiger partial charge on any atom is -0.341 e. The molecule has 0 saturated carbocycles. The lowest BCUT2D eigenvalue weighted by Gasteiger charge is -2.37. The molecule has 2 fully saturated rings. The number of halogens is 1. The zero-order valence-corrected chi connectivity index (χ0v) is 14.4. The standard InChI is InChI=1S/C18H26ClN3O/c19-16-7-5-6-15(14-16)17(21-12-8-20-9-13-21)18(23)22-10-3-1-2-4-11-22/h5-7,14,17,20H,1-4,8-13H2. The Morgan fingerprint density at radius 3 is 2.39 bits per heavy atom. The predicted octanol–water partition coefficient (Wildman–Crippen LogP) is 2.69. The molecule has 1 aromatic rings. The molecule has 0 bridgehead atoms.